The molecule has 1 heterocycles. The molecule has 0 radical (unpaired) electrons. The highest BCUT2D eigenvalue weighted by atomic mass is 32.1. The van der Waals surface area contributed by atoms with Gasteiger partial charge in [0.2, 0.25) is 0 Å². The third-order valence-corrected chi connectivity index (χ3v) is 2.49. The van der Waals surface area contributed by atoms with Crippen molar-refractivity contribution in [3.05, 3.63) is 0 Å². The van der Waals surface area contributed by atoms with Crippen molar-refractivity contribution in [1.29, 1.82) is 0 Å². The number of thiol groups is 2. The maximum Gasteiger partial charge on any atom is 0.160 e. The number of ketones is 1. The predicted octanol–water partition coefficient (Wildman–Crippen LogP) is 0.794. The van der Waals surface area contributed by atoms with Crippen molar-refractivity contribution in [3.8, 4) is 0 Å². The Labute approximate surface area is 71.9 Å². The number of hydrogen-bond donors (Lipinski definition) is 2. The topological polar surface area (TPSA) is 20.3 Å². The predicted molar refractivity (Wildman–Crippen MR) is 47.6 cm³/mol. The molecule has 0 saturated carbocycles. The van der Waals surface area contributed by atoms with E-state index < -0.39 is 0 Å². The average molecular weight is 177 g/mol. The monoisotopic (exact) mass is 177 g/mol. The van der Waals surface area contributed by atoms with Gasteiger partial charge in [0.15, 0.2) is 5.78 Å². The highest BCUT2D eigenvalue weighted by molar-refractivity contribution is 7.81. The second kappa shape index (κ2) is 3.64. The lowest BCUT2D eigenvalue weighted by Crippen LogP contribution is -2.23. The van der Waals surface area contributed by atoms with Crippen LogP contribution < -0.4 is 0 Å². The van der Waals surface area contributed by atoms with Gasteiger partial charge in [-0.2, -0.15) is 12.6 Å². The molecule has 0 aliphatic carbocycles. The molecule has 1 aliphatic rings. The number of rotatable bonds is 0. The largest absolute Gasteiger partial charge is 0.297 e. The second-order valence-corrected chi connectivity index (χ2v) is 3.70. The summed E-state index contributed by atoms with van der Waals surface area (Å²) < 4.78 is 1.75. The molecular weight excluding hydrogens is 166 g/mol. The van der Waals surface area contributed by atoms with Crippen molar-refractivity contribution >= 4 is 31.2 Å². The highest BCUT2D eigenvalue weighted by Crippen LogP contribution is 2.13. The molecule has 4 heteroatoms. The average Bonchev–Trinajstić information content (AvgIpc) is 1.96. The van der Waals surface area contributed by atoms with Crippen LogP contribution in [-0.2, 0) is 4.79 Å². The van der Waals surface area contributed by atoms with Gasteiger partial charge in [-0.25, -0.2) is 4.31 Å². The second-order valence-electron chi connectivity index (χ2n) is 2.51. The summed E-state index contributed by atoms with van der Waals surface area (Å²) in [7, 11) is 0. The van der Waals surface area contributed by atoms with Crippen LogP contribution >= 0.6 is 25.4 Å². The van der Waals surface area contributed by atoms with Crippen molar-refractivity contribution in [2.75, 3.05) is 13.1 Å². The van der Waals surface area contributed by atoms with Gasteiger partial charge in [0, 0.05) is 6.54 Å². The van der Waals surface area contributed by atoms with Crippen LogP contribution in [0.4, 0.5) is 0 Å². The third-order valence-electron chi connectivity index (χ3n) is 1.60. The van der Waals surface area contributed by atoms with Gasteiger partial charge in [-0.05, 0) is 12.8 Å². The number of nitrogens with zero attached hydrogens (tertiary/aromatic N) is 1. The van der Waals surface area contributed by atoms with Gasteiger partial charge in [-0.1, -0.05) is 12.8 Å². The SMILES string of the molecule is O=C1CN(S)CCCC1S. The minimum absolute atomic E-state index is 0.0582. The van der Waals surface area contributed by atoms with E-state index in [-0.39, 0.29) is 11.0 Å². The molecule has 1 fully saturated rings. The van der Waals surface area contributed by atoms with Gasteiger partial charge in [0.1, 0.15) is 0 Å². The van der Waals surface area contributed by atoms with E-state index in [0.29, 0.717) is 6.54 Å². The molecule has 58 valence electrons. The number of carbonyl (C=O) groups is 1. The zero-order chi connectivity index (χ0) is 7.56. The third kappa shape index (κ3) is 2.18. The van der Waals surface area contributed by atoms with Crippen LogP contribution in [0.5, 0.6) is 0 Å². The smallest absolute Gasteiger partial charge is 0.160 e. The molecule has 1 rings (SSSR count). The maximum absolute atomic E-state index is 11.1. The Morgan fingerprint density at radius 1 is 1.60 bits per heavy atom. The van der Waals surface area contributed by atoms with Gasteiger partial charge >= 0.3 is 0 Å². The Morgan fingerprint density at radius 3 is 3.00 bits per heavy atom. The summed E-state index contributed by atoms with van der Waals surface area (Å²) in [5, 5.41) is -0.0582. The normalized spacial score (nSPS) is 30.2. The minimum atomic E-state index is -0.0582. The fourth-order valence-electron chi connectivity index (χ4n) is 0.992. The summed E-state index contributed by atoms with van der Waals surface area (Å²) in [5.41, 5.74) is 0. The van der Waals surface area contributed by atoms with E-state index in [1.165, 1.54) is 0 Å². The fraction of sp³-hybridized carbons (Fsp3) is 0.833. The van der Waals surface area contributed by atoms with E-state index in [1.807, 2.05) is 0 Å². The molecule has 1 unspecified atom stereocenters. The Kier molecular flexibility index (Phi) is 3.07. The summed E-state index contributed by atoms with van der Waals surface area (Å²) in [6, 6.07) is 0. The zero-order valence-electron chi connectivity index (χ0n) is 5.66. The lowest BCUT2D eigenvalue weighted by Gasteiger charge is -2.08. The van der Waals surface area contributed by atoms with Crippen LogP contribution in [-0.4, -0.2) is 28.4 Å². The van der Waals surface area contributed by atoms with Crippen molar-refractivity contribution in [1.82, 2.24) is 4.31 Å². The van der Waals surface area contributed by atoms with Gasteiger partial charge < -0.3 is 0 Å². The van der Waals surface area contributed by atoms with Crippen molar-refractivity contribution < 1.29 is 4.79 Å². The number of Topliss-reactive ketones (excluding diaryl/α,β-unsaturated/α-hetero) is 1. The zero-order valence-corrected chi connectivity index (χ0v) is 7.44. The molecule has 1 atom stereocenters. The molecule has 0 aromatic heterocycles. The van der Waals surface area contributed by atoms with Gasteiger partial charge in [-0.15, -0.1) is 0 Å². The number of hydrogen-bond acceptors (Lipinski definition) is 4. The lowest BCUT2D eigenvalue weighted by atomic mass is 10.2. The van der Waals surface area contributed by atoms with Crippen LogP contribution in [0.2, 0.25) is 0 Å². The molecule has 0 aromatic rings. The molecule has 10 heavy (non-hydrogen) atoms. The van der Waals surface area contributed by atoms with Crippen LogP contribution in [0.1, 0.15) is 12.8 Å². The van der Waals surface area contributed by atoms with Crippen LogP contribution in [0.25, 0.3) is 0 Å². The van der Waals surface area contributed by atoms with Crippen molar-refractivity contribution in [2.45, 2.75) is 18.1 Å². The van der Waals surface area contributed by atoms with Crippen LogP contribution in [0.3, 0.4) is 0 Å². The molecule has 0 amide bonds. The molecule has 2 nitrogen and oxygen atoms in total. The summed E-state index contributed by atoms with van der Waals surface area (Å²) in [5.74, 6) is 0.191. The highest BCUT2D eigenvalue weighted by Gasteiger charge is 2.19. The van der Waals surface area contributed by atoms with Crippen LogP contribution in [0.15, 0.2) is 0 Å². The fourth-order valence-corrected chi connectivity index (χ4v) is 1.54. The molecule has 0 aromatic carbocycles. The quantitative estimate of drug-likeness (QED) is 0.534. The first-order chi connectivity index (χ1) is 4.70. The van der Waals surface area contributed by atoms with E-state index in [0.717, 1.165) is 19.4 Å². The summed E-state index contributed by atoms with van der Waals surface area (Å²) >= 11 is 8.26. The van der Waals surface area contributed by atoms with E-state index >= 15 is 0 Å². The van der Waals surface area contributed by atoms with Gasteiger partial charge in [0.05, 0.1) is 11.8 Å². The van der Waals surface area contributed by atoms with Crippen LogP contribution in [0, 0.1) is 0 Å². The molecule has 0 spiro atoms. The Hall–Kier alpha value is 0.330. The molecular formula is C6H11NOS2. The Morgan fingerprint density at radius 2 is 2.30 bits per heavy atom. The molecule has 0 N–H and O–H groups in total. The first-order valence-corrected chi connectivity index (χ1v) is 4.26. The summed E-state index contributed by atoms with van der Waals surface area (Å²) in [6.07, 6.45) is 1.91. The standard InChI is InChI=1S/C6H11NOS2/c8-5-4-7(10)3-1-2-6(5)9/h6,9-10H,1-4H2. The van der Waals surface area contributed by atoms with E-state index in [4.69, 9.17) is 0 Å². The molecule has 0 bridgehead atoms. The minimum Gasteiger partial charge on any atom is -0.297 e. The first kappa shape index (κ1) is 8.43. The van der Waals surface area contributed by atoms with Crippen molar-refractivity contribution in [3.63, 3.8) is 0 Å². The van der Waals surface area contributed by atoms with E-state index in [9.17, 15) is 4.79 Å². The maximum atomic E-state index is 11.1. The Bertz CT molecular complexity index is 140. The Balaban J connectivity index is 2.49. The summed E-state index contributed by atoms with van der Waals surface area (Å²) in [6.45, 7) is 1.34. The molecule has 1 aliphatic heterocycles. The lowest BCUT2D eigenvalue weighted by molar-refractivity contribution is -0.118. The number of carbonyl (C=O) groups excluding carboxylic acids is 1. The van der Waals surface area contributed by atoms with Gasteiger partial charge in [0.25, 0.3) is 0 Å². The van der Waals surface area contributed by atoms with E-state index in [1.54, 1.807) is 4.31 Å². The molecule has 1 saturated heterocycles. The summed E-state index contributed by atoms with van der Waals surface area (Å²) in [4.78, 5) is 11.1. The van der Waals surface area contributed by atoms with Gasteiger partial charge in [-0.3, -0.25) is 4.79 Å². The van der Waals surface area contributed by atoms with E-state index in [2.05, 4.69) is 25.4 Å². The van der Waals surface area contributed by atoms with Crippen molar-refractivity contribution in [2.24, 2.45) is 0 Å². The first-order valence-electron chi connectivity index (χ1n) is 3.35.